The van der Waals surface area contributed by atoms with Gasteiger partial charge in [-0.2, -0.15) is 8.78 Å². The Morgan fingerprint density at radius 1 is 1.18 bits per heavy atom. The van der Waals surface area contributed by atoms with Crippen LogP contribution in [0.3, 0.4) is 0 Å². The van der Waals surface area contributed by atoms with Gasteiger partial charge in [0.15, 0.2) is 0 Å². The second-order valence-corrected chi connectivity index (χ2v) is 6.26. The van der Waals surface area contributed by atoms with Gasteiger partial charge in [-0.05, 0) is 38.1 Å². The molecule has 0 atom stereocenters. The summed E-state index contributed by atoms with van der Waals surface area (Å²) < 4.78 is 35.0. The summed E-state index contributed by atoms with van der Waals surface area (Å²) in [6.07, 6.45) is 2.29. The van der Waals surface area contributed by atoms with Crippen molar-refractivity contribution in [2.24, 2.45) is 0 Å². The Kier molecular flexibility index (Phi) is 8.22. The van der Waals surface area contributed by atoms with E-state index in [4.69, 9.17) is 9.15 Å². The summed E-state index contributed by atoms with van der Waals surface area (Å²) >= 11 is 0.585. The predicted octanol–water partition coefficient (Wildman–Crippen LogP) is 2.94. The molecule has 0 unspecified atom stereocenters. The number of alkyl halides is 2. The maximum absolute atomic E-state index is 12.1. The minimum Gasteiger partial charge on any atom is -0.464 e. The van der Waals surface area contributed by atoms with Gasteiger partial charge in [0.05, 0.1) is 25.5 Å². The Bertz CT molecular complexity index is 412. The lowest BCUT2D eigenvalue weighted by atomic mass is 10.2. The van der Waals surface area contributed by atoms with Crippen LogP contribution >= 0.6 is 11.8 Å². The third-order valence-corrected chi connectivity index (χ3v) is 4.25. The van der Waals surface area contributed by atoms with E-state index < -0.39 is 5.76 Å². The van der Waals surface area contributed by atoms with Gasteiger partial charge >= 0.3 is 0 Å². The number of nitrogens with one attached hydrogen (secondary N) is 1. The van der Waals surface area contributed by atoms with Gasteiger partial charge in [-0.3, -0.25) is 4.90 Å². The number of hydrogen-bond acceptors (Lipinski definition) is 5. The van der Waals surface area contributed by atoms with E-state index >= 15 is 0 Å². The van der Waals surface area contributed by atoms with Crippen molar-refractivity contribution in [1.82, 2.24) is 10.2 Å². The lowest BCUT2D eigenvalue weighted by Crippen LogP contribution is -2.37. The molecule has 1 aliphatic heterocycles. The van der Waals surface area contributed by atoms with Crippen molar-refractivity contribution in [2.45, 2.75) is 30.9 Å². The van der Waals surface area contributed by atoms with Crippen molar-refractivity contribution in [2.75, 3.05) is 39.4 Å². The van der Waals surface area contributed by atoms with E-state index in [0.29, 0.717) is 24.1 Å². The van der Waals surface area contributed by atoms with Crippen LogP contribution in [0.25, 0.3) is 0 Å². The highest BCUT2D eigenvalue weighted by atomic mass is 32.2. The highest BCUT2D eigenvalue weighted by Crippen LogP contribution is 2.21. The largest absolute Gasteiger partial charge is 0.464 e. The normalized spacial score (nSPS) is 16.5. The van der Waals surface area contributed by atoms with Crippen molar-refractivity contribution in [3.63, 3.8) is 0 Å². The molecule has 0 bridgehead atoms. The number of hydrogen-bond donors (Lipinski definition) is 1. The van der Waals surface area contributed by atoms with Gasteiger partial charge in [0, 0.05) is 13.1 Å². The van der Waals surface area contributed by atoms with Crippen molar-refractivity contribution in [3.05, 3.63) is 23.7 Å². The van der Waals surface area contributed by atoms with Gasteiger partial charge < -0.3 is 14.5 Å². The highest BCUT2D eigenvalue weighted by Gasteiger charge is 2.09. The summed E-state index contributed by atoms with van der Waals surface area (Å²) in [5.41, 5.74) is 0. The van der Waals surface area contributed by atoms with E-state index in [1.807, 2.05) is 6.07 Å². The van der Waals surface area contributed by atoms with Crippen molar-refractivity contribution in [3.8, 4) is 0 Å². The first kappa shape index (κ1) is 17.7. The van der Waals surface area contributed by atoms with E-state index in [-0.39, 0.29) is 5.75 Å². The van der Waals surface area contributed by atoms with Crippen molar-refractivity contribution in [1.29, 1.82) is 0 Å². The molecular formula is C15H24F2N2O2S. The van der Waals surface area contributed by atoms with Crippen LogP contribution < -0.4 is 5.32 Å². The molecule has 1 aliphatic rings. The first-order valence-electron chi connectivity index (χ1n) is 7.72. The molecule has 2 heterocycles. The second kappa shape index (κ2) is 10.2. The van der Waals surface area contributed by atoms with Gasteiger partial charge in [0.2, 0.25) is 0 Å². The van der Waals surface area contributed by atoms with E-state index in [9.17, 15) is 8.78 Å². The lowest BCUT2D eigenvalue weighted by Gasteiger charge is -2.26. The molecule has 0 amide bonds. The zero-order valence-corrected chi connectivity index (χ0v) is 13.5. The minimum absolute atomic E-state index is 0.219. The van der Waals surface area contributed by atoms with E-state index in [1.54, 1.807) is 6.07 Å². The molecule has 4 nitrogen and oxygen atoms in total. The number of furan rings is 1. The smallest absolute Gasteiger partial charge is 0.284 e. The summed E-state index contributed by atoms with van der Waals surface area (Å²) in [7, 11) is 0. The SMILES string of the molecule is FC(F)SCc1ccc(CNCCCCN2CCOCC2)o1. The average Bonchev–Trinajstić information content (AvgIpc) is 2.97. The van der Waals surface area contributed by atoms with Crippen LogP contribution in [-0.4, -0.2) is 50.1 Å². The Morgan fingerprint density at radius 2 is 1.95 bits per heavy atom. The quantitative estimate of drug-likeness (QED) is 0.666. The monoisotopic (exact) mass is 334 g/mol. The van der Waals surface area contributed by atoms with Gasteiger partial charge in [0.1, 0.15) is 11.5 Å². The zero-order chi connectivity index (χ0) is 15.6. The van der Waals surface area contributed by atoms with Crippen LogP contribution in [0.15, 0.2) is 16.5 Å². The lowest BCUT2D eigenvalue weighted by molar-refractivity contribution is 0.0372. The maximum Gasteiger partial charge on any atom is 0.284 e. The summed E-state index contributed by atoms with van der Waals surface area (Å²) in [6, 6.07) is 3.62. The Hall–Kier alpha value is -0.630. The van der Waals surface area contributed by atoms with E-state index in [1.165, 1.54) is 6.42 Å². The molecule has 0 aliphatic carbocycles. The highest BCUT2D eigenvalue weighted by molar-refractivity contribution is 7.98. The van der Waals surface area contributed by atoms with Crippen molar-refractivity contribution < 1.29 is 17.9 Å². The topological polar surface area (TPSA) is 37.6 Å². The molecule has 2 rings (SSSR count). The van der Waals surface area contributed by atoms with Crippen LogP contribution in [-0.2, 0) is 17.0 Å². The Balaban J connectivity index is 1.49. The zero-order valence-electron chi connectivity index (χ0n) is 12.7. The molecule has 0 aromatic carbocycles. The number of thioether (sulfide) groups is 1. The van der Waals surface area contributed by atoms with Gasteiger partial charge in [-0.15, -0.1) is 0 Å². The predicted molar refractivity (Wildman–Crippen MR) is 84.2 cm³/mol. The fraction of sp³-hybridized carbons (Fsp3) is 0.733. The first-order chi connectivity index (χ1) is 10.7. The number of morpholine rings is 1. The average molecular weight is 334 g/mol. The summed E-state index contributed by atoms with van der Waals surface area (Å²) in [5.74, 6) is -0.720. The molecule has 1 fully saturated rings. The Labute approximate surface area is 134 Å². The van der Waals surface area contributed by atoms with Crippen LogP contribution in [0, 0.1) is 0 Å². The summed E-state index contributed by atoms with van der Waals surface area (Å²) in [4.78, 5) is 2.43. The fourth-order valence-electron chi connectivity index (χ4n) is 2.36. The number of ether oxygens (including phenoxy) is 1. The minimum atomic E-state index is -2.35. The first-order valence-corrected chi connectivity index (χ1v) is 8.77. The van der Waals surface area contributed by atoms with E-state index in [0.717, 1.165) is 51.6 Å². The molecule has 1 aromatic heterocycles. The number of halogens is 2. The fourth-order valence-corrected chi connectivity index (χ4v) is 2.81. The molecule has 22 heavy (non-hydrogen) atoms. The molecule has 1 aromatic rings. The summed E-state index contributed by atoms with van der Waals surface area (Å²) in [6.45, 7) is 6.49. The molecule has 0 spiro atoms. The number of unbranched alkanes of at least 4 members (excludes halogenated alkanes) is 1. The van der Waals surface area contributed by atoms with Gasteiger partial charge in [-0.1, -0.05) is 11.8 Å². The third-order valence-electron chi connectivity index (χ3n) is 3.55. The molecule has 1 N–H and O–H groups in total. The molecule has 7 heteroatoms. The molecule has 0 saturated carbocycles. The molecule has 0 radical (unpaired) electrons. The van der Waals surface area contributed by atoms with Crippen LogP contribution in [0.5, 0.6) is 0 Å². The standard InChI is InChI=1S/C15H24F2N2O2S/c16-15(17)22-12-14-4-3-13(21-14)11-18-5-1-2-6-19-7-9-20-10-8-19/h3-4,15,18H,1-2,5-12H2. The van der Waals surface area contributed by atoms with Gasteiger partial charge in [-0.25, -0.2) is 0 Å². The molecule has 126 valence electrons. The van der Waals surface area contributed by atoms with Crippen LogP contribution in [0.2, 0.25) is 0 Å². The van der Waals surface area contributed by atoms with E-state index in [2.05, 4.69) is 10.2 Å². The maximum atomic E-state index is 12.1. The molecular weight excluding hydrogens is 310 g/mol. The van der Waals surface area contributed by atoms with Crippen LogP contribution in [0.4, 0.5) is 8.78 Å². The second-order valence-electron chi connectivity index (χ2n) is 5.28. The number of nitrogens with zero attached hydrogens (tertiary/aromatic N) is 1. The third kappa shape index (κ3) is 7.09. The Morgan fingerprint density at radius 3 is 2.73 bits per heavy atom. The molecule has 1 saturated heterocycles. The van der Waals surface area contributed by atoms with Crippen molar-refractivity contribution >= 4 is 11.8 Å². The summed E-state index contributed by atoms with van der Waals surface area (Å²) in [5, 5.41) is 3.33. The van der Waals surface area contributed by atoms with Gasteiger partial charge in [0.25, 0.3) is 5.76 Å². The van der Waals surface area contributed by atoms with Crippen LogP contribution in [0.1, 0.15) is 24.4 Å². The number of rotatable bonds is 10.